The summed E-state index contributed by atoms with van der Waals surface area (Å²) in [6, 6.07) is -0.0397. The maximum absolute atomic E-state index is 14.3. The summed E-state index contributed by atoms with van der Waals surface area (Å²) in [5, 5.41) is 27.0. The third-order valence-electron chi connectivity index (χ3n) is 13.7. The summed E-state index contributed by atoms with van der Waals surface area (Å²) < 4.78 is 0. The quantitative estimate of drug-likeness (QED) is 0.0333. The molecule has 9 N–H and O–H groups in total. The Balaban J connectivity index is 2.23. The molecule has 1 aromatic heterocycles. The summed E-state index contributed by atoms with van der Waals surface area (Å²) in [4.78, 5) is 142. The lowest BCUT2D eigenvalue weighted by Crippen LogP contribution is -2.65. The van der Waals surface area contributed by atoms with Crippen LogP contribution in [0.15, 0.2) is 17.5 Å². The summed E-state index contributed by atoms with van der Waals surface area (Å²) in [7, 11) is 3.79. The van der Waals surface area contributed by atoms with Gasteiger partial charge in [-0.1, -0.05) is 93.1 Å². The highest BCUT2D eigenvalue weighted by atomic mass is 32.1. The Hall–Kier alpha value is -5.64. The van der Waals surface area contributed by atoms with Crippen molar-refractivity contribution in [3.05, 3.63) is 22.4 Å². The summed E-state index contributed by atoms with van der Waals surface area (Å²) in [6.45, 7) is 25.2. The van der Waals surface area contributed by atoms with E-state index in [2.05, 4.69) is 54.8 Å². The number of carbonyl (C=O) groups is 10. The van der Waals surface area contributed by atoms with E-state index in [1.54, 1.807) is 17.0 Å². The molecule has 2 rings (SSSR count). The van der Waals surface area contributed by atoms with E-state index in [0.717, 1.165) is 32.1 Å². The van der Waals surface area contributed by atoms with Crippen LogP contribution in [0, 0.1) is 23.7 Å². The van der Waals surface area contributed by atoms with Gasteiger partial charge >= 0.3 is 0 Å². The van der Waals surface area contributed by atoms with Crippen LogP contribution < -0.4 is 47.9 Å². The predicted molar refractivity (Wildman–Crippen MR) is 313 cm³/mol. The van der Waals surface area contributed by atoms with Crippen molar-refractivity contribution in [1.29, 1.82) is 0 Å². The largest absolute Gasteiger partial charge is 0.354 e. The van der Waals surface area contributed by atoms with Gasteiger partial charge in [-0.15, -0.1) is 11.3 Å². The van der Waals surface area contributed by atoms with Gasteiger partial charge in [0.05, 0.1) is 4.88 Å². The minimum absolute atomic E-state index is 0.0292. The molecule has 454 valence electrons. The van der Waals surface area contributed by atoms with Crippen molar-refractivity contribution in [2.75, 3.05) is 33.7 Å². The molecular formula is C58H101N11O10S. The summed E-state index contributed by atoms with van der Waals surface area (Å²) in [5.74, 6) is -7.07. The summed E-state index contributed by atoms with van der Waals surface area (Å²) >= 11 is 1.32. The van der Waals surface area contributed by atoms with Gasteiger partial charge in [0, 0.05) is 32.1 Å². The van der Waals surface area contributed by atoms with Crippen LogP contribution in [0.3, 0.4) is 0 Å². The van der Waals surface area contributed by atoms with Crippen LogP contribution in [0.5, 0.6) is 0 Å². The Labute approximate surface area is 481 Å². The zero-order chi connectivity index (χ0) is 60.7. The third-order valence-corrected chi connectivity index (χ3v) is 14.6. The standard InChI is InChI=1S/C58H101N11O10S/c1-17-18-19-20-21-22-25-40(48(72)64-45-27-23-30-69(45)52(76)44-26-24-31-80-44)47(71)61-42(33-37(4)5)50(74)65-57(11,12)54(78)63-41(32-36(2)3)49(73)62-43(34-38(6)7)51(75)66-58(13,14)55(79)67-56(9,10)53(77)59-29-28-46(70)60-39(8)35-68(15)16/h24,26,31,36-43,45H,17-23,25,27-30,32-35H2,1-16H3,(H,59,77)(H,60,70)(H,61,71)(H,62,73)(H,63,78)(H,64,72)(H,65,74)(H,66,75)(H,67,79)/t39-,40-,41-,42-,43-,45-/m0/s1. The molecule has 1 aliphatic heterocycles. The molecule has 0 radical (unpaired) electrons. The van der Waals surface area contributed by atoms with Crippen LogP contribution in [0.1, 0.15) is 190 Å². The van der Waals surface area contributed by atoms with Crippen molar-refractivity contribution in [3.8, 4) is 0 Å². The van der Waals surface area contributed by atoms with E-state index in [1.807, 2.05) is 72.8 Å². The van der Waals surface area contributed by atoms with Gasteiger partial charge in [-0.05, 0) is 130 Å². The Morgan fingerprint density at radius 2 is 1.14 bits per heavy atom. The number of nitrogens with one attached hydrogen (secondary N) is 9. The zero-order valence-corrected chi connectivity index (χ0v) is 51.9. The van der Waals surface area contributed by atoms with Gasteiger partial charge in [-0.2, -0.15) is 0 Å². The Morgan fingerprint density at radius 3 is 1.66 bits per heavy atom. The third kappa shape index (κ3) is 24.6. The van der Waals surface area contributed by atoms with Gasteiger partial charge in [0.2, 0.25) is 53.2 Å². The number of hydrogen-bond acceptors (Lipinski definition) is 12. The van der Waals surface area contributed by atoms with Gasteiger partial charge in [-0.25, -0.2) is 0 Å². The fourth-order valence-electron chi connectivity index (χ4n) is 9.32. The molecule has 80 heavy (non-hydrogen) atoms. The summed E-state index contributed by atoms with van der Waals surface area (Å²) in [5.41, 5.74) is -4.67. The van der Waals surface area contributed by atoms with Crippen molar-refractivity contribution >= 4 is 70.4 Å². The van der Waals surface area contributed by atoms with Crippen molar-refractivity contribution in [2.45, 2.75) is 227 Å². The first-order valence-electron chi connectivity index (χ1n) is 29.0. The molecule has 1 fully saturated rings. The predicted octanol–water partition coefficient (Wildman–Crippen LogP) is 4.64. The molecule has 0 saturated carbocycles. The average Bonchev–Trinajstić information content (AvgIpc) is 4.05. The lowest BCUT2D eigenvalue weighted by atomic mass is 9.95. The fourth-order valence-corrected chi connectivity index (χ4v) is 10.00. The van der Waals surface area contributed by atoms with Crippen LogP contribution >= 0.6 is 11.3 Å². The van der Waals surface area contributed by atoms with Crippen LogP contribution in [0.4, 0.5) is 0 Å². The molecule has 0 spiro atoms. The van der Waals surface area contributed by atoms with Crippen molar-refractivity contribution < 1.29 is 47.9 Å². The van der Waals surface area contributed by atoms with Crippen molar-refractivity contribution in [1.82, 2.24) is 57.7 Å². The van der Waals surface area contributed by atoms with E-state index in [9.17, 15) is 47.9 Å². The van der Waals surface area contributed by atoms with Gasteiger partial charge in [0.15, 0.2) is 0 Å². The second kappa shape index (κ2) is 33.3. The first-order chi connectivity index (χ1) is 37.2. The maximum Gasteiger partial charge on any atom is 0.265 e. The molecule has 0 unspecified atom stereocenters. The lowest BCUT2D eigenvalue weighted by Gasteiger charge is -2.34. The van der Waals surface area contributed by atoms with Crippen molar-refractivity contribution in [2.24, 2.45) is 23.7 Å². The van der Waals surface area contributed by atoms with Crippen LogP contribution in [-0.2, 0) is 43.2 Å². The second-order valence-corrected chi connectivity index (χ2v) is 25.8. The van der Waals surface area contributed by atoms with E-state index in [4.69, 9.17) is 0 Å². The lowest BCUT2D eigenvalue weighted by molar-refractivity contribution is -0.140. The molecular weight excluding hydrogens is 1040 g/mol. The van der Waals surface area contributed by atoms with Crippen LogP contribution in [-0.4, -0.2) is 150 Å². The van der Waals surface area contributed by atoms with E-state index < -0.39 is 94.1 Å². The van der Waals surface area contributed by atoms with E-state index in [0.29, 0.717) is 37.2 Å². The van der Waals surface area contributed by atoms with Gasteiger partial charge in [-0.3, -0.25) is 47.9 Å². The smallest absolute Gasteiger partial charge is 0.265 e. The monoisotopic (exact) mass is 1140 g/mol. The first kappa shape index (κ1) is 70.5. The van der Waals surface area contributed by atoms with Crippen molar-refractivity contribution in [3.63, 3.8) is 0 Å². The number of carbonyl (C=O) groups excluding carboxylic acids is 10. The van der Waals surface area contributed by atoms with Crippen LogP contribution in [0.25, 0.3) is 0 Å². The summed E-state index contributed by atoms with van der Waals surface area (Å²) in [6.07, 6.45) is 6.90. The molecule has 0 aromatic carbocycles. The van der Waals surface area contributed by atoms with E-state index >= 15 is 0 Å². The molecule has 2 heterocycles. The highest BCUT2D eigenvalue weighted by molar-refractivity contribution is 7.12. The number of amides is 10. The number of likely N-dealkylation sites (N-methyl/N-ethyl adjacent to an activating group) is 1. The Kier molecular flexibility index (Phi) is 29.4. The van der Waals surface area contributed by atoms with Crippen LogP contribution in [0.2, 0.25) is 0 Å². The number of rotatable bonds is 35. The molecule has 1 aromatic rings. The minimum atomic E-state index is -1.64. The van der Waals surface area contributed by atoms with E-state index in [1.165, 1.54) is 52.9 Å². The molecule has 22 heteroatoms. The topological polar surface area (TPSA) is 285 Å². The fraction of sp³-hybridized carbons (Fsp3) is 0.759. The highest BCUT2D eigenvalue weighted by Crippen LogP contribution is 2.23. The number of hydrogen-bond donors (Lipinski definition) is 9. The number of unbranched alkanes of at least 4 members (excludes halogenated alkanes) is 5. The molecule has 21 nitrogen and oxygen atoms in total. The highest BCUT2D eigenvalue weighted by Gasteiger charge is 2.41. The minimum Gasteiger partial charge on any atom is -0.354 e. The number of thiophene rings is 1. The normalized spacial score (nSPS) is 15.8. The average molecular weight is 1140 g/mol. The molecule has 0 bridgehead atoms. The maximum atomic E-state index is 14.3. The van der Waals surface area contributed by atoms with Gasteiger partial charge in [0.1, 0.15) is 46.8 Å². The second-order valence-electron chi connectivity index (χ2n) is 24.8. The SMILES string of the molecule is CCCCCCCC[C@@H](C(=O)N[C@@H](CC(C)C)C(=O)NC(C)(C)C(=O)N[C@@H](CC(C)C)C(=O)N[C@@H](CC(C)C)C(=O)NC(C)(C)C(=O)NC(C)(C)C(=O)NCCC(=O)N[C@@H](C)CN(C)C)C(=O)N[C@@H]1CCCN1C(=O)c1cccs1. The molecule has 0 aliphatic carbocycles. The van der Waals surface area contributed by atoms with Gasteiger partial charge in [0.25, 0.3) is 5.91 Å². The first-order valence-corrected chi connectivity index (χ1v) is 29.8. The number of nitrogens with zero attached hydrogens (tertiary/aromatic N) is 2. The molecule has 10 amide bonds. The number of likely N-dealkylation sites (tertiary alicyclic amines) is 1. The van der Waals surface area contributed by atoms with Gasteiger partial charge < -0.3 is 57.7 Å². The molecule has 1 aliphatic rings. The zero-order valence-electron chi connectivity index (χ0n) is 51.1. The molecule has 1 saturated heterocycles. The Morgan fingerprint density at radius 1 is 0.625 bits per heavy atom. The van der Waals surface area contributed by atoms with E-state index in [-0.39, 0.29) is 74.3 Å². The Bertz CT molecular complexity index is 2210. The molecule has 6 atom stereocenters.